The molecule has 0 amide bonds. The van der Waals surface area contributed by atoms with Gasteiger partial charge in [0.25, 0.3) is 0 Å². The number of rotatable bonds is 7. The van der Waals surface area contributed by atoms with Crippen LogP contribution in [0.2, 0.25) is 18.6 Å². The summed E-state index contributed by atoms with van der Waals surface area (Å²) < 4.78 is 21.0. The minimum Gasteiger partial charge on any atom is -0.410 e. The van der Waals surface area contributed by atoms with E-state index >= 15 is 0 Å². The van der Waals surface area contributed by atoms with Crippen LogP contribution in [-0.2, 0) is 17.5 Å². The van der Waals surface area contributed by atoms with Gasteiger partial charge in [0.2, 0.25) is 0 Å². The normalized spacial score (nSPS) is 21.5. The zero-order valence-electron chi connectivity index (χ0n) is 21.9. The van der Waals surface area contributed by atoms with Crippen molar-refractivity contribution in [2.75, 3.05) is 0 Å². The van der Waals surface area contributed by atoms with Gasteiger partial charge in [0.1, 0.15) is 5.82 Å². The molecule has 0 bridgehead atoms. The molecule has 1 saturated carbocycles. The third kappa shape index (κ3) is 5.03. The lowest BCUT2D eigenvalue weighted by Crippen LogP contribution is -2.40. The first-order valence-electron chi connectivity index (χ1n) is 13.2. The van der Waals surface area contributed by atoms with Crippen LogP contribution in [0.25, 0.3) is 11.1 Å². The molecule has 0 aliphatic heterocycles. The average Bonchev–Trinajstić information content (AvgIpc) is 3.31. The Labute approximate surface area is 206 Å². The third-order valence-electron chi connectivity index (χ3n) is 8.43. The number of aliphatic hydroxyl groups excluding tert-OH is 1. The Morgan fingerprint density at radius 2 is 1.82 bits per heavy atom. The predicted molar refractivity (Wildman–Crippen MR) is 140 cm³/mol. The highest BCUT2D eigenvalue weighted by molar-refractivity contribution is 6.72. The van der Waals surface area contributed by atoms with Crippen molar-refractivity contribution in [2.24, 2.45) is 5.41 Å². The molecular formula is C29H42FNO2Si. The molecule has 2 aliphatic rings. The minimum absolute atomic E-state index is 0.0544. The van der Waals surface area contributed by atoms with Gasteiger partial charge in [-0.15, -0.1) is 0 Å². The molecule has 2 aliphatic carbocycles. The SMILES string of the molecule is CCC(C)[Si](C)(C)OC1CC(C)(C)Cc2nc(C3CCCC3)c(CO)c(-c3ccc(F)cc3)c21. The maximum absolute atomic E-state index is 13.9. The van der Waals surface area contributed by atoms with Crippen molar-refractivity contribution in [1.82, 2.24) is 4.98 Å². The molecule has 1 heterocycles. The van der Waals surface area contributed by atoms with Crippen molar-refractivity contribution in [3.8, 4) is 11.1 Å². The number of nitrogens with zero attached hydrogens (tertiary/aromatic N) is 1. The van der Waals surface area contributed by atoms with Gasteiger partial charge in [-0.1, -0.05) is 59.1 Å². The average molecular weight is 484 g/mol. The Morgan fingerprint density at radius 3 is 2.41 bits per heavy atom. The molecule has 2 atom stereocenters. The van der Waals surface area contributed by atoms with E-state index in [4.69, 9.17) is 9.41 Å². The molecule has 2 aromatic rings. The molecule has 2 unspecified atom stereocenters. The van der Waals surface area contributed by atoms with Gasteiger partial charge in [-0.3, -0.25) is 4.98 Å². The summed E-state index contributed by atoms with van der Waals surface area (Å²) in [5, 5.41) is 10.7. The summed E-state index contributed by atoms with van der Waals surface area (Å²) in [6.45, 7) is 13.8. The van der Waals surface area contributed by atoms with Crippen LogP contribution in [0, 0.1) is 11.2 Å². The third-order valence-corrected chi connectivity index (χ3v) is 12.1. The van der Waals surface area contributed by atoms with Crippen LogP contribution < -0.4 is 0 Å². The molecule has 1 aromatic carbocycles. The summed E-state index contributed by atoms with van der Waals surface area (Å²) >= 11 is 0. The smallest absolute Gasteiger partial charge is 0.190 e. The van der Waals surface area contributed by atoms with Crippen LogP contribution in [-0.4, -0.2) is 18.4 Å². The van der Waals surface area contributed by atoms with Crippen LogP contribution in [0.5, 0.6) is 0 Å². The van der Waals surface area contributed by atoms with Gasteiger partial charge in [-0.25, -0.2) is 4.39 Å². The molecule has 1 N–H and O–H groups in total. The lowest BCUT2D eigenvalue weighted by atomic mass is 9.72. The highest BCUT2D eigenvalue weighted by Gasteiger charge is 2.42. The van der Waals surface area contributed by atoms with E-state index in [1.165, 1.54) is 25.0 Å². The summed E-state index contributed by atoms with van der Waals surface area (Å²) in [7, 11) is -1.97. The number of aliphatic hydroxyl groups is 1. The second-order valence-electron chi connectivity index (χ2n) is 11.9. The summed E-state index contributed by atoms with van der Waals surface area (Å²) in [6, 6.07) is 6.77. The van der Waals surface area contributed by atoms with Gasteiger partial charge in [-0.05, 0) is 73.0 Å². The van der Waals surface area contributed by atoms with Crippen LogP contribution in [0.4, 0.5) is 4.39 Å². The van der Waals surface area contributed by atoms with Gasteiger partial charge in [0.05, 0.1) is 12.7 Å². The van der Waals surface area contributed by atoms with Gasteiger partial charge in [-0.2, -0.15) is 0 Å². The molecule has 0 saturated heterocycles. The summed E-state index contributed by atoms with van der Waals surface area (Å²) in [5.41, 5.74) is 6.87. The fraction of sp³-hybridized carbons (Fsp3) is 0.621. The second kappa shape index (κ2) is 9.83. The Bertz CT molecular complexity index is 1010. The Kier molecular flexibility index (Phi) is 7.38. The van der Waals surface area contributed by atoms with E-state index in [2.05, 4.69) is 40.8 Å². The number of fused-ring (bicyclic) bond motifs is 1. The van der Waals surface area contributed by atoms with Gasteiger partial charge in [0, 0.05) is 28.4 Å². The van der Waals surface area contributed by atoms with Crippen molar-refractivity contribution >= 4 is 8.32 Å². The van der Waals surface area contributed by atoms with Crippen LogP contribution >= 0.6 is 0 Å². The number of hydrogen-bond acceptors (Lipinski definition) is 3. The summed E-state index contributed by atoms with van der Waals surface area (Å²) in [6.07, 6.45) is 7.54. The van der Waals surface area contributed by atoms with Gasteiger partial charge >= 0.3 is 0 Å². The van der Waals surface area contributed by atoms with Gasteiger partial charge < -0.3 is 9.53 Å². The van der Waals surface area contributed by atoms with E-state index in [-0.39, 0.29) is 23.9 Å². The highest BCUT2D eigenvalue weighted by atomic mass is 28.4. The van der Waals surface area contributed by atoms with E-state index in [0.717, 1.165) is 65.7 Å². The van der Waals surface area contributed by atoms with E-state index in [1.54, 1.807) is 0 Å². The molecule has 3 nitrogen and oxygen atoms in total. The summed E-state index contributed by atoms with van der Waals surface area (Å²) in [5.74, 6) is 0.148. The lowest BCUT2D eigenvalue weighted by Gasteiger charge is -2.43. The molecule has 1 aromatic heterocycles. The van der Waals surface area contributed by atoms with E-state index in [1.807, 2.05) is 12.1 Å². The monoisotopic (exact) mass is 483 g/mol. The molecule has 1 fully saturated rings. The maximum Gasteiger partial charge on any atom is 0.190 e. The molecule has 5 heteroatoms. The molecule has 4 rings (SSSR count). The lowest BCUT2D eigenvalue weighted by molar-refractivity contribution is 0.109. The molecule has 0 spiro atoms. The highest BCUT2D eigenvalue weighted by Crippen LogP contribution is 2.50. The number of aromatic nitrogens is 1. The number of halogens is 1. The zero-order valence-corrected chi connectivity index (χ0v) is 22.9. The van der Waals surface area contributed by atoms with E-state index < -0.39 is 8.32 Å². The second-order valence-corrected chi connectivity index (χ2v) is 16.3. The van der Waals surface area contributed by atoms with Crippen molar-refractivity contribution in [3.63, 3.8) is 0 Å². The first kappa shape index (κ1) is 25.5. The predicted octanol–water partition coefficient (Wildman–Crippen LogP) is 8.07. The molecule has 186 valence electrons. The molecular weight excluding hydrogens is 441 g/mol. The quantitative estimate of drug-likeness (QED) is 0.405. The van der Waals surface area contributed by atoms with E-state index in [9.17, 15) is 9.50 Å². The Balaban J connectivity index is 1.96. The zero-order chi connectivity index (χ0) is 24.7. The number of hydrogen-bond donors (Lipinski definition) is 1. The van der Waals surface area contributed by atoms with Crippen LogP contribution in [0.1, 0.15) is 101 Å². The van der Waals surface area contributed by atoms with Crippen molar-refractivity contribution in [1.29, 1.82) is 0 Å². The standard InChI is InChI=1S/C29H42FNO2Si/c1-7-19(2)34(5,6)33-25-17-29(3,4)16-24-27(25)26(20-12-14-22(30)15-13-20)23(18-32)28(31-24)21-10-8-9-11-21/h12-15,19,21,25,32H,7-11,16-18H2,1-6H3. The first-order chi connectivity index (χ1) is 16.1. The topological polar surface area (TPSA) is 42.4 Å². The summed E-state index contributed by atoms with van der Waals surface area (Å²) in [4.78, 5) is 5.31. The number of pyridine rings is 1. The van der Waals surface area contributed by atoms with E-state index in [0.29, 0.717) is 11.5 Å². The fourth-order valence-corrected chi connectivity index (χ4v) is 8.19. The molecule has 34 heavy (non-hydrogen) atoms. The maximum atomic E-state index is 13.9. The van der Waals surface area contributed by atoms with Crippen molar-refractivity contribution < 1.29 is 13.9 Å². The van der Waals surface area contributed by atoms with Gasteiger partial charge in [0.15, 0.2) is 8.32 Å². The largest absolute Gasteiger partial charge is 0.410 e. The minimum atomic E-state index is -1.97. The number of benzene rings is 1. The Hall–Kier alpha value is -1.56. The fourth-order valence-electron chi connectivity index (χ4n) is 6.04. The van der Waals surface area contributed by atoms with Crippen molar-refractivity contribution in [2.45, 2.75) is 110 Å². The Morgan fingerprint density at radius 1 is 1.18 bits per heavy atom. The first-order valence-corrected chi connectivity index (χ1v) is 16.1. The molecule has 0 radical (unpaired) electrons. The van der Waals surface area contributed by atoms with Crippen LogP contribution in [0.3, 0.4) is 0 Å². The van der Waals surface area contributed by atoms with Crippen LogP contribution in [0.15, 0.2) is 24.3 Å². The van der Waals surface area contributed by atoms with Crippen molar-refractivity contribution in [3.05, 3.63) is 52.6 Å².